The molecule has 0 fully saturated rings. The van der Waals surface area contributed by atoms with Crippen LogP contribution in [0.15, 0.2) is 22.7 Å². The highest BCUT2D eigenvalue weighted by Gasteiger charge is 2.11. The van der Waals surface area contributed by atoms with Gasteiger partial charge in [-0.3, -0.25) is 11.3 Å². The van der Waals surface area contributed by atoms with E-state index in [4.69, 9.17) is 5.84 Å². The summed E-state index contributed by atoms with van der Waals surface area (Å²) in [6.45, 7) is 4.24. The van der Waals surface area contributed by atoms with Gasteiger partial charge in [0.25, 0.3) is 0 Å². The van der Waals surface area contributed by atoms with E-state index in [-0.39, 0.29) is 6.04 Å². The summed E-state index contributed by atoms with van der Waals surface area (Å²) in [6, 6.07) is 6.60. The van der Waals surface area contributed by atoms with Gasteiger partial charge < -0.3 is 0 Å². The Bertz CT molecular complexity index is 299. The van der Waals surface area contributed by atoms with Crippen molar-refractivity contribution >= 4 is 15.9 Å². The van der Waals surface area contributed by atoms with E-state index in [9.17, 15) is 0 Å². The highest BCUT2D eigenvalue weighted by atomic mass is 79.9. The van der Waals surface area contributed by atoms with E-state index in [0.717, 1.165) is 17.3 Å². The Labute approximate surface area is 94.0 Å². The number of halogens is 1. The van der Waals surface area contributed by atoms with E-state index in [1.807, 2.05) is 0 Å². The Kier molecular flexibility index (Phi) is 4.58. The van der Waals surface area contributed by atoms with Crippen LogP contribution in [0.3, 0.4) is 0 Å². The molecule has 1 aromatic carbocycles. The molecule has 3 N–H and O–H groups in total. The van der Waals surface area contributed by atoms with Crippen molar-refractivity contribution in [3.63, 3.8) is 0 Å². The maximum Gasteiger partial charge on any atom is 0.0471 e. The Morgan fingerprint density at radius 3 is 2.71 bits per heavy atom. The topological polar surface area (TPSA) is 38.0 Å². The molecular weight excluding hydrogens is 240 g/mol. The van der Waals surface area contributed by atoms with Gasteiger partial charge in [-0.05, 0) is 30.5 Å². The smallest absolute Gasteiger partial charge is 0.0471 e. The summed E-state index contributed by atoms with van der Waals surface area (Å²) in [5, 5.41) is 0. The molecule has 0 aliphatic rings. The van der Waals surface area contributed by atoms with Crippen molar-refractivity contribution in [3.05, 3.63) is 33.8 Å². The van der Waals surface area contributed by atoms with Crippen LogP contribution >= 0.6 is 15.9 Å². The molecule has 2 nitrogen and oxygen atoms in total. The van der Waals surface area contributed by atoms with Gasteiger partial charge >= 0.3 is 0 Å². The Balaban J connectivity index is 2.92. The standard InChI is InChI=1S/C11H17BrN2/c1-3-4-11(14-13)9-6-5-8(2)7-10(9)12/h5-7,11,14H,3-4,13H2,1-2H3. The first kappa shape index (κ1) is 11.7. The zero-order valence-electron chi connectivity index (χ0n) is 8.68. The van der Waals surface area contributed by atoms with Crippen molar-refractivity contribution in [2.24, 2.45) is 5.84 Å². The summed E-state index contributed by atoms with van der Waals surface area (Å²) in [5.41, 5.74) is 5.34. The van der Waals surface area contributed by atoms with Crippen molar-refractivity contribution in [2.45, 2.75) is 32.7 Å². The number of nitrogens with one attached hydrogen (secondary N) is 1. The predicted molar refractivity (Wildman–Crippen MR) is 63.9 cm³/mol. The fourth-order valence-electron chi connectivity index (χ4n) is 1.53. The van der Waals surface area contributed by atoms with Gasteiger partial charge in [-0.25, -0.2) is 0 Å². The molecule has 0 saturated heterocycles. The van der Waals surface area contributed by atoms with Gasteiger partial charge in [0.15, 0.2) is 0 Å². The minimum absolute atomic E-state index is 0.245. The number of rotatable bonds is 4. The first-order chi connectivity index (χ1) is 6.69. The van der Waals surface area contributed by atoms with E-state index < -0.39 is 0 Å². The third-order valence-electron chi connectivity index (χ3n) is 2.31. The van der Waals surface area contributed by atoms with E-state index in [0.29, 0.717) is 0 Å². The van der Waals surface area contributed by atoms with Crippen molar-refractivity contribution in [1.29, 1.82) is 0 Å². The fraction of sp³-hybridized carbons (Fsp3) is 0.455. The van der Waals surface area contributed by atoms with Crippen LogP contribution in [0.25, 0.3) is 0 Å². The molecule has 0 bridgehead atoms. The van der Waals surface area contributed by atoms with Gasteiger partial charge in [-0.2, -0.15) is 0 Å². The lowest BCUT2D eigenvalue weighted by Crippen LogP contribution is -2.28. The van der Waals surface area contributed by atoms with Gasteiger partial charge in [0.1, 0.15) is 0 Å². The highest BCUT2D eigenvalue weighted by molar-refractivity contribution is 9.10. The van der Waals surface area contributed by atoms with Crippen LogP contribution in [-0.4, -0.2) is 0 Å². The summed E-state index contributed by atoms with van der Waals surface area (Å²) in [5.74, 6) is 5.53. The molecule has 1 aromatic rings. The van der Waals surface area contributed by atoms with Crippen LogP contribution in [0.2, 0.25) is 0 Å². The van der Waals surface area contributed by atoms with Crippen molar-refractivity contribution < 1.29 is 0 Å². The first-order valence-electron chi connectivity index (χ1n) is 4.91. The molecular formula is C11H17BrN2. The normalized spacial score (nSPS) is 12.9. The SMILES string of the molecule is CCCC(NN)c1ccc(C)cc1Br. The lowest BCUT2D eigenvalue weighted by Gasteiger charge is -2.17. The molecule has 0 heterocycles. The molecule has 14 heavy (non-hydrogen) atoms. The number of hydrogen-bond donors (Lipinski definition) is 2. The summed E-state index contributed by atoms with van der Waals surface area (Å²) in [4.78, 5) is 0. The minimum Gasteiger partial charge on any atom is -0.271 e. The first-order valence-corrected chi connectivity index (χ1v) is 5.70. The van der Waals surface area contributed by atoms with Gasteiger partial charge in [0.05, 0.1) is 0 Å². The summed E-state index contributed by atoms with van der Waals surface area (Å²) in [6.07, 6.45) is 2.17. The molecule has 1 unspecified atom stereocenters. The second-order valence-corrected chi connectivity index (χ2v) is 4.39. The van der Waals surface area contributed by atoms with Crippen LogP contribution in [0.5, 0.6) is 0 Å². The third-order valence-corrected chi connectivity index (χ3v) is 3.00. The lowest BCUT2D eigenvalue weighted by molar-refractivity contribution is 0.508. The Morgan fingerprint density at radius 1 is 1.50 bits per heavy atom. The maximum atomic E-state index is 5.53. The minimum atomic E-state index is 0.245. The molecule has 0 radical (unpaired) electrons. The predicted octanol–water partition coefficient (Wildman–Crippen LogP) is 3.06. The zero-order chi connectivity index (χ0) is 10.6. The molecule has 1 atom stereocenters. The summed E-state index contributed by atoms with van der Waals surface area (Å²) >= 11 is 3.56. The molecule has 0 spiro atoms. The number of aryl methyl sites for hydroxylation is 1. The fourth-order valence-corrected chi connectivity index (χ4v) is 2.30. The Morgan fingerprint density at radius 2 is 2.21 bits per heavy atom. The van der Waals surface area contributed by atoms with Crippen LogP contribution in [-0.2, 0) is 0 Å². The average molecular weight is 257 g/mol. The van der Waals surface area contributed by atoms with Crippen molar-refractivity contribution in [1.82, 2.24) is 5.43 Å². The monoisotopic (exact) mass is 256 g/mol. The molecule has 78 valence electrons. The quantitative estimate of drug-likeness (QED) is 0.642. The van der Waals surface area contributed by atoms with Crippen LogP contribution in [0.4, 0.5) is 0 Å². The molecule has 0 aromatic heterocycles. The van der Waals surface area contributed by atoms with Crippen LogP contribution < -0.4 is 11.3 Å². The van der Waals surface area contributed by atoms with E-state index in [1.54, 1.807) is 0 Å². The summed E-state index contributed by atoms with van der Waals surface area (Å²) in [7, 11) is 0. The molecule has 0 aliphatic heterocycles. The zero-order valence-corrected chi connectivity index (χ0v) is 10.3. The van der Waals surface area contributed by atoms with Crippen LogP contribution in [0.1, 0.15) is 36.9 Å². The number of hydrogen-bond acceptors (Lipinski definition) is 2. The second-order valence-electron chi connectivity index (χ2n) is 3.53. The van der Waals surface area contributed by atoms with Gasteiger partial charge in [0, 0.05) is 10.5 Å². The number of benzene rings is 1. The van der Waals surface area contributed by atoms with Gasteiger partial charge in [-0.15, -0.1) is 0 Å². The van der Waals surface area contributed by atoms with Gasteiger partial charge in [-0.1, -0.05) is 41.4 Å². The van der Waals surface area contributed by atoms with Crippen LogP contribution in [0, 0.1) is 6.92 Å². The van der Waals surface area contributed by atoms with E-state index >= 15 is 0 Å². The largest absolute Gasteiger partial charge is 0.271 e. The summed E-state index contributed by atoms with van der Waals surface area (Å²) < 4.78 is 1.13. The number of hydrazine groups is 1. The second kappa shape index (κ2) is 5.49. The molecule has 3 heteroatoms. The highest BCUT2D eigenvalue weighted by Crippen LogP contribution is 2.26. The van der Waals surface area contributed by atoms with Crippen molar-refractivity contribution in [3.8, 4) is 0 Å². The van der Waals surface area contributed by atoms with Gasteiger partial charge in [0.2, 0.25) is 0 Å². The Hall–Kier alpha value is -0.380. The van der Waals surface area contributed by atoms with Crippen molar-refractivity contribution in [2.75, 3.05) is 0 Å². The van der Waals surface area contributed by atoms with E-state index in [2.05, 4.69) is 53.4 Å². The molecule has 1 rings (SSSR count). The molecule has 0 amide bonds. The van der Waals surface area contributed by atoms with E-state index in [1.165, 1.54) is 11.1 Å². The maximum absolute atomic E-state index is 5.53. The lowest BCUT2D eigenvalue weighted by atomic mass is 10.0. The number of nitrogens with two attached hydrogens (primary N) is 1. The molecule has 0 saturated carbocycles. The average Bonchev–Trinajstić information content (AvgIpc) is 2.15. The third kappa shape index (κ3) is 2.80. The molecule has 0 aliphatic carbocycles.